The Kier molecular flexibility index (Phi) is 3050. The summed E-state index contributed by atoms with van der Waals surface area (Å²) in [6, 6.07) is 0. The number of hydrogen-bond donors (Lipinski definition) is 0. The predicted octanol–water partition coefficient (Wildman–Crippen LogP) is -1.02. The standard InChI is InChI=1S/CH4.2H2O.Pd/h1H4;2*1H2;. The third-order valence-corrected chi connectivity index (χ3v) is 0. The molecule has 34 valence electrons. The van der Waals surface area contributed by atoms with E-state index in [1.807, 2.05) is 0 Å². The molecule has 0 unspecified atom stereocenters. The molecule has 0 aliphatic heterocycles. The summed E-state index contributed by atoms with van der Waals surface area (Å²) in [5.74, 6) is 0. The van der Waals surface area contributed by atoms with Gasteiger partial charge in [0.25, 0.3) is 0 Å². The zero-order valence-electron chi connectivity index (χ0n) is 1.32. The first-order chi connectivity index (χ1) is 0. The maximum absolute atomic E-state index is 0. The minimum absolute atomic E-state index is 0. The fourth-order valence-corrected chi connectivity index (χ4v) is 0. The van der Waals surface area contributed by atoms with Crippen LogP contribution in [0.1, 0.15) is 7.43 Å². The summed E-state index contributed by atoms with van der Waals surface area (Å²) in [5.41, 5.74) is 0. The van der Waals surface area contributed by atoms with Gasteiger partial charge in [0.15, 0.2) is 0 Å². The second-order valence-electron chi connectivity index (χ2n) is 0. The quantitative estimate of drug-likeness (QED) is 0.406. The van der Waals surface area contributed by atoms with E-state index in [4.69, 9.17) is 0 Å². The predicted molar refractivity (Wildman–Crippen MR) is 14.0 cm³/mol. The van der Waals surface area contributed by atoms with Gasteiger partial charge in [-0.3, -0.25) is 0 Å². The van der Waals surface area contributed by atoms with Crippen LogP contribution in [0.25, 0.3) is 0 Å². The van der Waals surface area contributed by atoms with Crippen molar-refractivity contribution in [1.29, 1.82) is 0 Å². The van der Waals surface area contributed by atoms with E-state index in [0.29, 0.717) is 0 Å². The maximum atomic E-state index is 0. The first-order valence-corrected chi connectivity index (χ1v) is 0. The van der Waals surface area contributed by atoms with Crippen LogP contribution >= 0.6 is 0 Å². The molecular formula is CH8O2Pd. The Hall–Kier alpha value is 0.582. The molecule has 4 N–H and O–H groups in total. The molecule has 0 aliphatic rings. The fraction of sp³-hybridized carbons (Fsp3) is 1.00. The largest absolute Gasteiger partial charge is 0.412 e. The van der Waals surface area contributed by atoms with E-state index >= 15 is 0 Å². The molecule has 0 bridgehead atoms. The zero-order chi connectivity index (χ0) is 0. The van der Waals surface area contributed by atoms with Crippen LogP contribution in [0.5, 0.6) is 0 Å². The molecule has 0 fully saturated rings. The average Bonchev–Trinajstić information content (AvgIpc) is 0. The molecule has 0 aliphatic carbocycles. The first-order valence-electron chi connectivity index (χ1n) is 0. The molecule has 0 heterocycles. The number of rotatable bonds is 0. The topological polar surface area (TPSA) is 63.0 Å². The van der Waals surface area contributed by atoms with Crippen LogP contribution in [0.3, 0.4) is 0 Å². The molecule has 0 spiro atoms. The third-order valence-electron chi connectivity index (χ3n) is 0. The molecule has 0 aromatic rings. The Morgan fingerprint density at radius 1 is 0.750 bits per heavy atom. The van der Waals surface area contributed by atoms with Crippen LogP contribution in [0, 0.1) is 0 Å². The van der Waals surface area contributed by atoms with Gasteiger partial charge in [0, 0.05) is 20.4 Å². The van der Waals surface area contributed by atoms with Crippen LogP contribution in [0.2, 0.25) is 0 Å². The van der Waals surface area contributed by atoms with Gasteiger partial charge in [0.05, 0.1) is 0 Å². The molecule has 2 nitrogen and oxygen atoms in total. The van der Waals surface area contributed by atoms with Gasteiger partial charge in [-0.05, 0) is 0 Å². The van der Waals surface area contributed by atoms with Crippen molar-refractivity contribution in [3.8, 4) is 0 Å². The Balaban J connectivity index is 0. The molecule has 0 atom stereocenters. The molecule has 0 radical (unpaired) electrons. The molecule has 3 heteroatoms. The molecule has 0 aromatic carbocycles. The summed E-state index contributed by atoms with van der Waals surface area (Å²) in [4.78, 5) is 0. The van der Waals surface area contributed by atoms with Gasteiger partial charge in [-0.25, -0.2) is 0 Å². The Morgan fingerprint density at radius 3 is 0.750 bits per heavy atom. The maximum Gasteiger partial charge on any atom is 0 e. The van der Waals surface area contributed by atoms with Crippen molar-refractivity contribution in [2.45, 2.75) is 7.43 Å². The Morgan fingerprint density at radius 2 is 0.750 bits per heavy atom. The summed E-state index contributed by atoms with van der Waals surface area (Å²) in [6.45, 7) is 0. The minimum Gasteiger partial charge on any atom is -0.412 e. The summed E-state index contributed by atoms with van der Waals surface area (Å²) in [5, 5.41) is 0. The minimum atomic E-state index is 0. The van der Waals surface area contributed by atoms with E-state index in [9.17, 15) is 0 Å². The molecule has 0 saturated carbocycles. The van der Waals surface area contributed by atoms with E-state index in [0.717, 1.165) is 0 Å². The number of hydrogen-bond acceptors (Lipinski definition) is 0. The van der Waals surface area contributed by atoms with Crippen molar-refractivity contribution < 1.29 is 31.4 Å². The average molecular weight is 158 g/mol. The van der Waals surface area contributed by atoms with E-state index < -0.39 is 0 Å². The summed E-state index contributed by atoms with van der Waals surface area (Å²) < 4.78 is 0. The van der Waals surface area contributed by atoms with Crippen LogP contribution in [-0.2, 0) is 20.4 Å². The molecule has 4 heavy (non-hydrogen) atoms. The normalized spacial score (nSPS) is 0. The summed E-state index contributed by atoms with van der Waals surface area (Å²) in [7, 11) is 0. The van der Waals surface area contributed by atoms with Gasteiger partial charge in [-0.1, -0.05) is 7.43 Å². The smallest absolute Gasteiger partial charge is 0 e. The second kappa shape index (κ2) is 70.4. The zero-order valence-corrected chi connectivity index (χ0v) is 2.87. The van der Waals surface area contributed by atoms with Crippen LogP contribution < -0.4 is 0 Å². The fourth-order valence-electron chi connectivity index (χ4n) is 0. The second-order valence-corrected chi connectivity index (χ2v) is 0. The molecule has 0 aromatic heterocycles. The van der Waals surface area contributed by atoms with E-state index in [1.165, 1.54) is 0 Å². The van der Waals surface area contributed by atoms with Crippen molar-refractivity contribution in [1.82, 2.24) is 0 Å². The van der Waals surface area contributed by atoms with E-state index in [2.05, 4.69) is 0 Å². The van der Waals surface area contributed by atoms with Crippen LogP contribution in [0.15, 0.2) is 0 Å². The van der Waals surface area contributed by atoms with Crippen molar-refractivity contribution in [3.05, 3.63) is 0 Å². The molecule has 0 rings (SSSR count). The van der Waals surface area contributed by atoms with Crippen molar-refractivity contribution in [3.63, 3.8) is 0 Å². The van der Waals surface area contributed by atoms with Gasteiger partial charge in [-0.15, -0.1) is 0 Å². The van der Waals surface area contributed by atoms with Gasteiger partial charge < -0.3 is 11.0 Å². The summed E-state index contributed by atoms with van der Waals surface area (Å²) in [6.07, 6.45) is 0. The van der Waals surface area contributed by atoms with Crippen molar-refractivity contribution in [2.75, 3.05) is 0 Å². The third kappa shape index (κ3) is 19.1. The molecule has 0 saturated heterocycles. The van der Waals surface area contributed by atoms with Gasteiger partial charge in [0.1, 0.15) is 0 Å². The van der Waals surface area contributed by atoms with Crippen LogP contribution in [-0.4, -0.2) is 11.0 Å². The Labute approximate surface area is 39.5 Å². The molecular weight excluding hydrogens is 150 g/mol. The molecule has 0 amide bonds. The van der Waals surface area contributed by atoms with Gasteiger partial charge >= 0.3 is 0 Å². The van der Waals surface area contributed by atoms with Crippen molar-refractivity contribution in [2.24, 2.45) is 0 Å². The summed E-state index contributed by atoms with van der Waals surface area (Å²) >= 11 is 0. The van der Waals surface area contributed by atoms with Gasteiger partial charge in [-0.2, -0.15) is 0 Å². The van der Waals surface area contributed by atoms with E-state index in [-0.39, 0.29) is 38.8 Å². The monoisotopic (exact) mass is 158 g/mol. The first kappa shape index (κ1) is 173. The van der Waals surface area contributed by atoms with Crippen molar-refractivity contribution >= 4 is 0 Å². The van der Waals surface area contributed by atoms with Crippen LogP contribution in [0.4, 0.5) is 0 Å². The Bertz CT molecular complexity index is 6.00. The van der Waals surface area contributed by atoms with Gasteiger partial charge in [0.2, 0.25) is 0 Å². The van der Waals surface area contributed by atoms with E-state index in [1.54, 1.807) is 0 Å². The SMILES string of the molecule is C.O.O.[Pd].